The summed E-state index contributed by atoms with van der Waals surface area (Å²) in [5, 5.41) is 11.2. The van der Waals surface area contributed by atoms with Crippen molar-refractivity contribution >= 4 is 21.2 Å². The van der Waals surface area contributed by atoms with E-state index in [0.717, 1.165) is 31.6 Å². The molecule has 4 rings (SSSR count). The van der Waals surface area contributed by atoms with E-state index in [1.165, 1.54) is 23.0 Å². The number of allylic oxidation sites excluding steroid dienone is 2. The van der Waals surface area contributed by atoms with E-state index >= 15 is 0 Å². The Morgan fingerprint density at radius 1 is 1.23 bits per heavy atom. The maximum absolute atomic E-state index is 11.2. The van der Waals surface area contributed by atoms with Crippen molar-refractivity contribution in [1.82, 2.24) is 19.2 Å². The van der Waals surface area contributed by atoms with Crippen LogP contribution in [-0.4, -0.2) is 66.5 Å². The van der Waals surface area contributed by atoms with Crippen molar-refractivity contribution in [2.75, 3.05) is 32.4 Å². The molecule has 0 spiro atoms. The molecule has 0 amide bonds. The first kappa shape index (κ1) is 22.2. The van der Waals surface area contributed by atoms with E-state index in [2.05, 4.69) is 50.4 Å². The Morgan fingerprint density at radius 2 is 1.94 bits per heavy atom. The van der Waals surface area contributed by atoms with Crippen molar-refractivity contribution in [2.45, 2.75) is 38.3 Å². The quantitative estimate of drug-likeness (QED) is 0.653. The van der Waals surface area contributed by atoms with Crippen molar-refractivity contribution in [1.29, 1.82) is 0 Å². The maximum atomic E-state index is 11.2. The Labute approximate surface area is 184 Å². The van der Waals surface area contributed by atoms with Crippen LogP contribution in [0.4, 0.5) is 0 Å². The van der Waals surface area contributed by atoms with Crippen molar-refractivity contribution < 1.29 is 13.5 Å². The lowest BCUT2D eigenvalue weighted by Crippen LogP contribution is -2.41. The Balaban J connectivity index is 1.39. The Morgan fingerprint density at radius 3 is 2.61 bits per heavy atom. The van der Waals surface area contributed by atoms with Crippen LogP contribution in [0.3, 0.4) is 0 Å². The Kier molecular flexibility index (Phi) is 6.62. The summed E-state index contributed by atoms with van der Waals surface area (Å²) in [6, 6.07) is 10.5. The van der Waals surface area contributed by atoms with Gasteiger partial charge < -0.3 is 14.6 Å². The zero-order valence-corrected chi connectivity index (χ0v) is 19.1. The molecule has 2 aliphatic rings. The van der Waals surface area contributed by atoms with Gasteiger partial charge in [0.2, 0.25) is 10.0 Å². The van der Waals surface area contributed by atoms with Gasteiger partial charge in [-0.3, -0.25) is 0 Å². The fraction of sp³-hybridized carbons (Fsp3) is 0.522. The van der Waals surface area contributed by atoms with Gasteiger partial charge in [0.15, 0.2) is 0 Å². The van der Waals surface area contributed by atoms with E-state index in [1.807, 2.05) is 18.6 Å². The van der Waals surface area contributed by atoms with E-state index in [-0.39, 0.29) is 18.1 Å². The molecule has 0 bridgehead atoms. The fourth-order valence-corrected chi connectivity index (χ4v) is 5.46. The summed E-state index contributed by atoms with van der Waals surface area (Å²) in [6.45, 7) is 5.05. The van der Waals surface area contributed by atoms with Crippen LogP contribution in [-0.2, 0) is 10.0 Å². The molecule has 168 valence electrons. The molecule has 8 heteroatoms. The van der Waals surface area contributed by atoms with Gasteiger partial charge in [0.05, 0.1) is 36.6 Å². The van der Waals surface area contributed by atoms with Crippen molar-refractivity contribution in [3.05, 3.63) is 54.1 Å². The van der Waals surface area contributed by atoms with Crippen molar-refractivity contribution in [3.8, 4) is 0 Å². The second kappa shape index (κ2) is 9.24. The predicted molar refractivity (Wildman–Crippen MR) is 123 cm³/mol. The summed E-state index contributed by atoms with van der Waals surface area (Å²) in [5.74, 6) is 0.254. The largest absolute Gasteiger partial charge is 0.393 e. The minimum atomic E-state index is -3.14. The van der Waals surface area contributed by atoms with Gasteiger partial charge in [-0.25, -0.2) is 18.1 Å². The third-order valence-electron chi connectivity index (χ3n) is 6.64. The normalized spacial score (nSPS) is 21.5. The van der Waals surface area contributed by atoms with Crippen LogP contribution in [0.2, 0.25) is 0 Å². The monoisotopic (exact) mass is 444 g/mol. The summed E-state index contributed by atoms with van der Waals surface area (Å²) in [5.41, 5.74) is 4.84. The Bertz CT molecular complexity index is 1020. The molecule has 2 unspecified atom stereocenters. The number of benzene rings is 1. The number of hydrogen-bond donors (Lipinski definition) is 2. The number of likely N-dealkylation sites (tertiary alicyclic amines) is 1. The molecule has 1 aromatic heterocycles. The number of fused-ring (bicyclic) bond motifs is 1. The van der Waals surface area contributed by atoms with Gasteiger partial charge in [0.1, 0.15) is 0 Å². The lowest BCUT2D eigenvalue weighted by molar-refractivity contribution is 0.0487. The first-order valence-corrected chi connectivity index (χ1v) is 12.9. The van der Waals surface area contributed by atoms with E-state index in [1.54, 1.807) is 0 Å². The number of aromatic nitrogens is 2. The molecule has 2 atom stereocenters. The summed E-state index contributed by atoms with van der Waals surface area (Å²) in [7, 11) is -3.14. The molecule has 7 nitrogen and oxygen atoms in total. The summed E-state index contributed by atoms with van der Waals surface area (Å²) >= 11 is 0. The SMILES string of the molecule is CC1=C(c2ccccc2)C(CC(O)C2CCN(CCNS(C)(=O)=O)CC2)n2cncc21. The summed E-state index contributed by atoms with van der Waals surface area (Å²) < 4.78 is 27.2. The third kappa shape index (κ3) is 5.09. The van der Waals surface area contributed by atoms with Gasteiger partial charge in [0.25, 0.3) is 0 Å². The lowest BCUT2D eigenvalue weighted by atomic mass is 9.85. The van der Waals surface area contributed by atoms with Crippen LogP contribution in [0.5, 0.6) is 0 Å². The first-order valence-electron chi connectivity index (χ1n) is 11.0. The van der Waals surface area contributed by atoms with E-state index in [9.17, 15) is 13.5 Å². The maximum Gasteiger partial charge on any atom is 0.208 e. The molecule has 2 N–H and O–H groups in total. The average Bonchev–Trinajstić information content (AvgIpc) is 3.31. The topological polar surface area (TPSA) is 87.5 Å². The van der Waals surface area contributed by atoms with Crippen molar-refractivity contribution in [2.24, 2.45) is 5.92 Å². The zero-order valence-electron chi connectivity index (χ0n) is 18.2. The molecule has 1 saturated heterocycles. The molecule has 2 aliphatic heterocycles. The van der Waals surface area contributed by atoms with Gasteiger partial charge >= 0.3 is 0 Å². The number of imidazole rings is 1. The minimum Gasteiger partial charge on any atom is -0.393 e. The molecular formula is C23H32N4O3S. The molecule has 1 aromatic carbocycles. The molecule has 3 heterocycles. The van der Waals surface area contributed by atoms with Crippen LogP contribution in [0.1, 0.15) is 43.5 Å². The highest BCUT2D eigenvalue weighted by Gasteiger charge is 2.34. The third-order valence-corrected chi connectivity index (χ3v) is 7.37. The number of aliphatic hydroxyl groups excluding tert-OH is 1. The van der Waals surface area contributed by atoms with Crippen LogP contribution in [0.25, 0.3) is 11.1 Å². The van der Waals surface area contributed by atoms with E-state index in [0.29, 0.717) is 19.5 Å². The van der Waals surface area contributed by atoms with Crippen LogP contribution >= 0.6 is 0 Å². The number of nitrogens with one attached hydrogen (secondary N) is 1. The number of hydrogen-bond acceptors (Lipinski definition) is 5. The van der Waals surface area contributed by atoms with Crippen LogP contribution in [0.15, 0.2) is 42.9 Å². The molecule has 2 aromatic rings. The van der Waals surface area contributed by atoms with Gasteiger partial charge in [-0.05, 0) is 61.9 Å². The second-order valence-corrected chi connectivity index (χ2v) is 10.6. The molecular weight excluding hydrogens is 412 g/mol. The van der Waals surface area contributed by atoms with Gasteiger partial charge in [-0.1, -0.05) is 30.3 Å². The second-order valence-electron chi connectivity index (χ2n) is 8.76. The highest BCUT2D eigenvalue weighted by molar-refractivity contribution is 7.88. The molecule has 0 saturated carbocycles. The molecule has 0 radical (unpaired) electrons. The van der Waals surface area contributed by atoms with Crippen LogP contribution in [0, 0.1) is 5.92 Å². The van der Waals surface area contributed by atoms with Gasteiger partial charge in [0, 0.05) is 13.1 Å². The summed E-state index contributed by atoms with van der Waals surface area (Å²) in [4.78, 5) is 6.61. The standard InChI is InChI=1S/C23H32N4O3S/c1-17-21-15-24-16-27(21)20(23(17)19-6-4-3-5-7-19)14-22(28)18-8-11-26(12-9-18)13-10-25-31(2,29)30/h3-7,15-16,18,20,22,25,28H,8-14H2,1-2H3. The number of aliphatic hydroxyl groups is 1. The first-order chi connectivity index (χ1) is 14.8. The summed E-state index contributed by atoms with van der Waals surface area (Å²) in [6.07, 6.45) is 7.10. The average molecular weight is 445 g/mol. The highest BCUT2D eigenvalue weighted by Crippen LogP contribution is 2.45. The van der Waals surface area contributed by atoms with Crippen molar-refractivity contribution in [3.63, 3.8) is 0 Å². The molecule has 1 fully saturated rings. The fourth-order valence-electron chi connectivity index (χ4n) is 5.00. The van der Waals surface area contributed by atoms with Crippen LogP contribution < -0.4 is 4.72 Å². The zero-order chi connectivity index (χ0) is 22.0. The highest BCUT2D eigenvalue weighted by atomic mass is 32.2. The molecule has 0 aliphatic carbocycles. The van der Waals surface area contributed by atoms with E-state index in [4.69, 9.17) is 0 Å². The Hall–Kier alpha value is -2.00. The number of nitrogens with zero attached hydrogens (tertiary/aromatic N) is 3. The predicted octanol–water partition coefficient (Wildman–Crippen LogP) is 2.38. The number of sulfonamides is 1. The molecule has 31 heavy (non-hydrogen) atoms. The number of rotatable bonds is 8. The smallest absolute Gasteiger partial charge is 0.208 e. The van der Waals surface area contributed by atoms with Gasteiger partial charge in [-0.15, -0.1) is 0 Å². The lowest BCUT2D eigenvalue weighted by Gasteiger charge is -2.35. The number of piperidine rings is 1. The minimum absolute atomic E-state index is 0.0897. The van der Waals surface area contributed by atoms with E-state index < -0.39 is 10.0 Å². The van der Waals surface area contributed by atoms with Gasteiger partial charge in [-0.2, -0.15) is 0 Å².